The lowest BCUT2D eigenvalue weighted by Gasteiger charge is -2.34. The first kappa shape index (κ1) is 20.7. The summed E-state index contributed by atoms with van der Waals surface area (Å²) in [6, 6.07) is 4.39. The van der Waals surface area contributed by atoms with E-state index < -0.39 is 11.7 Å². The van der Waals surface area contributed by atoms with Crippen LogP contribution in [0.25, 0.3) is 0 Å². The van der Waals surface area contributed by atoms with Crippen molar-refractivity contribution in [3.8, 4) is 0 Å². The molecule has 1 aromatic rings. The van der Waals surface area contributed by atoms with E-state index in [-0.39, 0.29) is 6.61 Å². The van der Waals surface area contributed by atoms with E-state index in [2.05, 4.69) is 10.2 Å². The number of β-amino-alcohol motifs (C(OH)–C–C–N with tert-alkyl or cyclic N) is 1. The number of rotatable bonds is 5. The van der Waals surface area contributed by atoms with Gasteiger partial charge in [-0.15, -0.1) is 0 Å². The summed E-state index contributed by atoms with van der Waals surface area (Å²) in [6.07, 6.45) is -4.35. The molecule has 2 N–H and O–H groups in total. The summed E-state index contributed by atoms with van der Waals surface area (Å²) >= 11 is 0. The SMILES string of the molecule is CC.CNc1ccc(CN2CCN(CCO)CC2)c(C(F)(F)F)c1. The molecule has 24 heavy (non-hydrogen) atoms. The summed E-state index contributed by atoms with van der Waals surface area (Å²) in [5.41, 5.74) is 0.197. The van der Waals surface area contributed by atoms with Crippen LogP contribution in [0.3, 0.4) is 0 Å². The molecule has 1 aliphatic heterocycles. The van der Waals surface area contributed by atoms with Crippen molar-refractivity contribution in [2.24, 2.45) is 0 Å². The Labute approximate surface area is 142 Å². The predicted octanol–water partition coefficient (Wildman–Crippen LogP) is 2.88. The van der Waals surface area contributed by atoms with E-state index in [4.69, 9.17) is 5.11 Å². The second-order valence-corrected chi connectivity index (χ2v) is 5.46. The van der Waals surface area contributed by atoms with Gasteiger partial charge in [0.05, 0.1) is 12.2 Å². The summed E-state index contributed by atoms with van der Waals surface area (Å²) < 4.78 is 39.6. The number of nitrogens with one attached hydrogen (secondary N) is 1. The Morgan fingerprint density at radius 2 is 1.67 bits per heavy atom. The average molecular weight is 347 g/mol. The van der Waals surface area contributed by atoms with Crippen LogP contribution >= 0.6 is 0 Å². The smallest absolute Gasteiger partial charge is 0.395 e. The van der Waals surface area contributed by atoms with Crippen LogP contribution in [-0.2, 0) is 12.7 Å². The Hall–Kier alpha value is -1.31. The highest BCUT2D eigenvalue weighted by molar-refractivity contribution is 5.49. The lowest BCUT2D eigenvalue weighted by molar-refractivity contribution is -0.138. The topological polar surface area (TPSA) is 38.7 Å². The number of alkyl halides is 3. The number of anilines is 1. The Bertz CT molecular complexity index is 486. The van der Waals surface area contributed by atoms with Crippen LogP contribution in [0.2, 0.25) is 0 Å². The normalized spacial score (nSPS) is 16.5. The molecule has 1 fully saturated rings. The van der Waals surface area contributed by atoms with Crippen molar-refractivity contribution in [1.29, 1.82) is 0 Å². The standard InChI is InChI=1S/C15H22F3N3O.C2H6/c1-19-13-3-2-12(14(10-13)15(16,17)18)11-21-6-4-20(5-7-21)8-9-22;1-2/h2-3,10,19,22H,4-9,11H2,1H3;1-2H3. The molecule has 2 rings (SSSR count). The summed E-state index contributed by atoms with van der Waals surface area (Å²) in [7, 11) is 1.61. The van der Waals surface area contributed by atoms with Gasteiger partial charge in [0.1, 0.15) is 0 Å². The number of hydrogen-bond acceptors (Lipinski definition) is 4. The molecule has 0 bridgehead atoms. The summed E-state index contributed by atoms with van der Waals surface area (Å²) in [5, 5.41) is 11.7. The molecule has 0 atom stereocenters. The maximum absolute atomic E-state index is 13.2. The van der Waals surface area contributed by atoms with Gasteiger partial charge in [-0.05, 0) is 17.7 Å². The first-order valence-electron chi connectivity index (χ1n) is 8.37. The van der Waals surface area contributed by atoms with Gasteiger partial charge in [-0.1, -0.05) is 19.9 Å². The van der Waals surface area contributed by atoms with Gasteiger partial charge < -0.3 is 10.4 Å². The Morgan fingerprint density at radius 3 is 2.17 bits per heavy atom. The lowest BCUT2D eigenvalue weighted by Crippen LogP contribution is -2.46. The Kier molecular flexibility index (Phi) is 8.52. The molecule has 0 aromatic heterocycles. The monoisotopic (exact) mass is 347 g/mol. The second kappa shape index (κ2) is 9.86. The molecule has 7 heteroatoms. The van der Waals surface area contributed by atoms with Crippen LogP contribution in [0.5, 0.6) is 0 Å². The van der Waals surface area contributed by atoms with Gasteiger partial charge in [-0.3, -0.25) is 9.80 Å². The molecule has 0 unspecified atom stereocenters. The highest BCUT2D eigenvalue weighted by Crippen LogP contribution is 2.34. The molecule has 1 aliphatic rings. The van der Waals surface area contributed by atoms with Gasteiger partial charge in [-0.25, -0.2) is 0 Å². The third kappa shape index (κ3) is 5.96. The molecule has 1 aromatic carbocycles. The fourth-order valence-corrected chi connectivity index (χ4v) is 2.69. The van der Waals surface area contributed by atoms with E-state index in [0.717, 1.165) is 19.2 Å². The minimum Gasteiger partial charge on any atom is -0.395 e. The summed E-state index contributed by atoms with van der Waals surface area (Å²) in [4.78, 5) is 4.14. The number of aliphatic hydroxyl groups excluding tert-OH is 1. The van der Waals surface area contributed by atoms with Crippen LogP contribution in [0, 0.1) is 0 Å². The molecule has 0 radical (unpaired) electrons. The first-order valence-corrected chi connectivity index (χ1v) is 8.37. The number of aliphatic hydroxyl groups is 1. The number of piperazine rings is 1. The molecule has 4 nitrogen and oxygen atoms in total. The van der Waals surface area contributed by atoms with Crippen molar-refractivity contribution in [2.45, 2.75) is 26.6 Å². The zero-order valence-electron chi connectivity index (χ0n) is 14.7. The molecule has 1 saturated heterocycles. The van der Waals surface area contributed by atoms with Crippen LogP contribution in [0.1, 0.15) is 25.0 Å². The maximum Gasteiger partial charge on any atom is 0.416 e. The Morgan fingerprint density at radius 1 is 1.08 bits per heavy atom. The van der Waals surface area contributed by atoms with Gasteiger partial charge in [-0.2, -0.15) is 13.2 Å². The molecule has 0 aliphatic carbocycles. The van der Waals surface area contributed by atoms with Gasteiger partial charge in [0.15, 0.2) is 0 Å². The van der Waals surface area contributed by atoms with Gasteiger partial charge >= 0.3 is 6.18 Å². The van der Waals surface area contributed by atoms with Crippen molar-refractivity contribution in [3.05, 3.63) is 29.3 Å². The maximum atomic E-state index is 13.2. The van der Waals surface area contributed by atoms with Crippen molar-refractivity contribution in [2.75, 3.05) is 51.7 Å². The zero-order valence-corrected chi connectivity index (χ0v) is 14.7. The molecule has 0 saturated carbocycles. The first-order chi connectivity index (χ1) is 11.4. The largest absolute Gasteiger partial charge is 0.416 e. The zero-order chi connectivity index (χ0) is 18.2. The molecular formula is C17H28F3N3O. The molecule has 0 spiro atoms. The fourth-order valence-electron chi connectivity index (χ4n) is 2.69. The van der Waals surface area contributed by atoms with Gasteiger partial charge in [0.2, 0.25) is 0 Å². The molecule has 138 valence electrons. The van der Waals surface area contributed by atoms with Crippen molar-refractivity contribution < 1.29 is 18.3 Å². The van der Waals surface area contributed by atoms with E-state index in [0.29, 0.717) is 37.4 Å². The lowest BCUT2D eigenvalue weighted by atomic mass is 10.0. The van der Waals surface area contributed by atoms with Crippen molar-refractivity contribution in [1.82, 2.24) is 9.80 Å². The van der Waals surface area contributed by atoms with Crippen LogP contribution < -0.4 is 5.32 Å². The van der Waals surface area contributed by atoms with E-state index >= 15 is 0 Å². The van der Waals surface area contributed by atoms with Crippen LogP contribution in [-0.4, -0.2) is 61.3 Å². The molecular weight excluding hydrogens is 319 g/mol. The number of hydrogen-bond donors (Lipinski definition) is 2. The summed E-state index contributed by atoms with van der Waals surface area (Å²) in [6.45, 7) is 8.01. The number of nitrogens with zero attached hydrogens (tertiary/aromatic N) is 2. The quantitative estimate of drug-likeness (QED) is 0.859. The third-order valence-corrected chi connectivity index (χ3v) is 3.98. The fraction of sp³-hybridized carbons (Fsp3) is 0.647. The number of halogens is 3. The highest BCUT2D eigenvalue weighted by atomic mass is 19.4. The van der Waals surface area contributed by atoms with Crippen molar-refractivity contribution in [3.63, 3.8) is 0 Å². The minimum atomic E-state index is -4.35. The van der Waals surface area contributed by atoms with Crippen LogP contribution in [0.15, 0.2) is 18.2 Å². The highest BCUT2D eigenvalue weighted by Gasteiger charge is 2.34. The van der Waals surface area contributed by atoms with E-state index in [1.54, 1.807) is 19.2 Å². The molecule has 0 amide bonds. The summed E-state index contributed by atoms with van der Waals surface area (Å²) in [5.74, 6) is 0. The van der Waals surface area contributed by atoms with E-state index in [9.17, 15) is 13.2 Å². The third-order valence-electron chi connectivity index (χ3n) is 3.98. The van der Waals surface area contributed by atoms with Crippen molar-refractivity contribution >= 4 is 5.69 Å². The number of benzene rings is 1. The van der Waals surface area contributed by atoms with E-state index in [1.807, 2.05) is 18.7 Å². The van der Waals surface area contributed by atoms with E-state index in [1.165, 1.54) is 0 Å². The average Bonchev–Trinajstić information content (AvgIpc) is 2.58. The minimum absolute atomic E-state index is 0.115. The predicted molar refractivity (Wildman–Crippen MR) is 91.1 cm³/mol. The second-order valence-electron chi connectivity index (χ2n) is 5.46. The van der Waals surface area contributed by atoms with Crippen LogP contribution in [0.4, 0.5) is 18.9 Å². The Balaban J connectivity index is 0.00000139. The molecule has 1 heterocycles. The van der Waals surface area contributed by atoms with Gasteiger partial charge in [0, 0.05) is 52.0 Å². The van der Waals surface area contributed by atoms with Gasteiger partial charge in [0.25, 0.3) is 0 Å².